The summed E-state index contributed by atoms with van der Waals surface area (Å²) in [6.45, 7) is 3.60. The fourth-order valence-corrected chi connectivity index (χ4v) is 4.23. The topological polar surface area (TPSA) is 67.3 Å². The summed E-state index contributed by atoms with van der Waals surface area (Å²) in [5.41, 5.74) is 2.16. The number of nitrogens with zero attached hydrogens (tertiary/aromatic N) is 3. The molecule has 1 fully saturated rings. The van der Waals surface area contributed by atoms with E-state index in [9.17, 15) is 18.0 Å². The first-order valence-electron chi connectivity index (χ1n) is 12.0. The number of halogens is 3. The van der Waals surface area contributed by atoms with Gasteiger partial charge in [0.2, 0.25) is 0 Å². The molecule has 0 atom stereocenters. The van der Waals surface area contributed by atoms with E-state index in [1.807, 2.05) is 30.3 Å². The summed E-state index contributed by atoms with van der Waals surface area (Å²) >= 11 is 0. The van der Waals surface area contributed by atoms with Crippen molar-refractivity contribution in [3.05, 3.63) is 89.6 Å². The number of Topliss-reactive ketones (excluding diaryl/α,β-unsaturated/α-hetero) is 1. The van der Waals surface area contributed by atoms with E-state index in [1.165, 1.54) is 12.1 Å². The first-order valence-corrected chi connectivity index (χ1v) is 12.0. The van der Waals surface area contributed by atoms with Gasteiger partial charge >= 0.3 is 6.18 Å². The van der Waals surface area contributed by atoms with Crippen molar-refractivity contribution < 1.29 is 22.7 Å². The highest BCUT2D eigenvalue weighted by Gasteiger charge is 2.30. The molecular formula is C28H25F3N4O2. The average Bonchev–Trinajstić information content (AvgIpc) is 2.90. The summed E-state index contributed by atoms with van der Waals surface area (Å²) in [7, 11) is 0. The van der Waals surface area contributed by atoms with Crippen LogP contribution in [0.15, 0.2) is 72.9 Å². The molecule has 0 unspecified atom stereocenters. The molecule has 1 saturated heterocycles. The van der Waals surface area contributed by atoms with E-state index in [1.54, 1.807) is 18.3 Å². The van der Waals surface area contributed by atoms with Crippen LogP contribution < -0.4 is 15.0 Å². The number of carbonyl (C=O) groups excluding carboxylic acids is 1. The number of benzene rings is 3. The highest BCUT2D eigenvalue weighted by molar-refractivity contribution is 5.83. The molecule has 190 valence electrons. The van der Waals surface area contributed by atoms with E-state index in [2.05, 4.69) is 15.2 Å². The summed E-state index contributed by atoms with van der Waals surface area (Å²) < 4.78 is 44.1. The molecule has 9 heteroatoms. The zero-order chi connectivity index (χ0) is 25.8. The van der Waals surface area contributed by atoms with E-state index < -0.39 is 11.7 Å². The maximum atomic E-state index is 12.7. The summed E-state index contributed by atoms with van der Waals surface area (Å²) in [6, 6.07) is 17.4. The van der Waals surface area contributed by atoms with Crippen LogP contribution in [0.4, 0.5) is 19.0 Å². The number of aromatic nitrogens is 2. The lowest BCUT2D eigenvalue weighted by molar-refractivity contribution is -0.137. The molecule has 5 rings (SSSR count). The van der Waals surface area contributed by atoms with Gasteiger partial charge in [-0.05, 0) is 47.5 Å². The van der Waals surface area contributed by atoms with Crippen LogP contribution in [0.1, 0.15) is 16.7 Å². The Hall–Kier alpha value is -3.98. The number of rotatable bonds is 7. The van der Waals surface area contributed by atoms with Crippen molar-refractivity contribution in [2.75, 3.05) is 31.1 Å². The number of anilines is 1. The third-order valence-corrected chi connectivity index (χ3v) is 6.18. The zero-order valence-electron chi connectivity index (χ0n) is 20.0. The molecule has 0 aliphatic carbocycles. The SMILES string of the molecule is O=C(Cc1ccc(Oc2ccc3ncc(N4CCNCC4)nc3c2)cc1)Cc1ccc(C(F)(F)F)cc1. The van der Waals surface area contributed by atoms with E-state index in [0.29, 0.717) is 17.1 Å². The zero-order valence-corrected chi connectivity index (χ0v) is 20.0. The molecular weight excluding hydrogens is 481 g/mol. The van der Waals surface area contributed by atoms with Crippen molar-refractivity contribution >= 4 is 22.6 Å². The van der Waals surface area contributed by atoms with Gasteiger partial charge in [0.05, 0.1) is 22.8 Å². The van der Waals surface area contributed by atoms with Crippen molar-refractivity contribution in [3.63, 3.8) is 0 Å². The maximum absolute atomic E-state index is 12.7. The van der Waals surface area contributed by atoms with Crippen LogP contribution in [-0.4, -0.2) is 41.9 Å². The number of alkyl halides is 3. The van der Waals surface area contributed by atoms with Crippen molar-refractivity contribution in [3.8, 4) is 11.5 Å². The van der Waals surface area contributed by atoms with Crippen LogP contribution in [0.5, 0.6) is 11.5 Å². The molecule has 3 aromatic carbocycles. The summed E-state index contributed by atoms with van der Waals surface area (Å²) in [4.78, 5) is 23.9. The Balaban J connectivity index is 1.20. The predicted molar refractivity (Wildman–Crippen MR) is 135 cm³/mol. The first-order chi connectivity index (χ1) is 17.8. The Kier molecular flexibility index (Phi) is 7.05. The Morgan fingerprint density at radius 3 is 2.14 bits per heavy atom. The molecule has 2 heterocycles. The number of hydrogen-bond acceptors (Lipinski definition) is 6. The van der Waals surface area contributed by atoms with Crippen molar-refractivity contribution in [1.82, 2.24) is 15.3 Å². The summed E-state index contributed by atoms with van der Waals surface area (Å²) in [5.74, 6) is 2.01. The van der Waals surface area contributed by atoms with Crippen LogP contribution in [0.3, 0.4) is 0 Å². The molecule has 0 bridgehead atoms. The monoisotopic (exact) mass is 506 g/mol. The maximum Gasteiger partial charge on any atom is 0.416 e. The van der Waals surface area contributed by atoms with Gasteiger partial charge in [0.25, 0.3) is 0 Å². The Morgan fingerprint density at radius 2 is 1.49 bits per heavy atom. The molecule has 1 aromatic heterocycles. The van der Waals surface area contributed by atoms with E-state index in [4.69, 9.17) is 9.72 Å². The third kappa shape index (κ3) is 6.24. The molecule has 1 N–H and O–H groups in total. The molecule has 1 aliphatic rings. The van der Waals surface area contributed by atoms with Gasteiger partial charge in [-0.1, -0.05) is 24.3 Å². The molecule has 0 saturated carbocycles. The van der Waals surface area contributed by atoms with E-state index >= 15 is 0 Å². The van der Waals surface area contributed by atoms with E-state index in [0.717, 1.165) is 60.7 Å². The Bertz CT molecular complexity index is 1380. The lowest BCUT2D eigenvalue weighted by atomic mass is 10.0. The smallest absolute Gasteiger partial charge is 0.416 e. The predicted octanol–water partition coefficient (Wildman–Crippen LogP) is 5.20. The normalized spacial score (nSPS) is 14.1. The lowest BCUT2D eigenvalue weighted by Crippen LogP contribution is -2.43. The Morgan fingerprint density at radius 1 is 0.865 bits per heavy atom. The minimum absolute atomic E-state index is 0.0739. The van der Waals surface area contributed by atoms with Crippen LogP contribution in [0, 0.1) is 0 Å². The highest BCUT2D eigenvalue weighted by Crippen LogP contribution is 2.29. The largest absolute Gasteiger partial charge is 0.457 e. The second-order valence-electron chi connectivity index (χ2n) is 8.95. The van der Waals surface area contributed by atoms with Gasteiger partial charge in [0.15, 0.2) is 0 Å². The number of ether oxygens (including phenoxy) is 1. The molecule has 1 aliphatic heterocycles. The summed E-state index contributed by atoms with van der Waals surface area (Å²) in [6.07, 6.45) is -2.33. The van der Waals surface area contributed by atoms with Gasteiger partial charge in [0, 0.05) is 45.1 Å². The summed E-state index contributed by atoms with van der Waals surface area (Å²) in [5, 5.41) is 3.33. The first kappa shape index (κ1) is 24.7. The van der Waals surface area contributed by atoms with Gasteiger partial charge < -0.3 is 15.0 Å². The van der Waals surface area contributed by atoms with Crippen LogP contribution >= 0.6 is 0 Å². The molecule has 4 aromatic rings. The second-order valence-corrected chi connectivity index (χ2v) is 8.95. The number of ketones is 1. The standard InChI is InChI=1S/C28H25F3N4O2/c29-28(30,31)21-5-1-19(2-6-21)15-22(36)16-20-3-7-23(8-4-20)37-24-9-10-25-26(17-24)34-27(18-33-25)35-13-11-32-12-14-35/h1-10,17-18,32H,11-16H2. The fraction of sp³-hybridized carbons (Fsp3) is 0.250. The van der Waals surface area contributed by atoms with Gasteiger partial charge in [-0.3, -0.25) is 9.78 Å². The van der Waals surface area contributed by atoms with Gasteiger partial charge in [-0.2, -0.15) is 13.2 Å². The fourth-order valence-electron chi connectivity index (χ4n) is 4.23. The number of carbonyl (C=O) groups is 1. The molecule has 0 radical (unpaired) electrons. The average molecular weight is 507 g/mol. The Labute approximate surface area is 212 Å². The minimum Gasteiger partial charge on any atom is -0.457 e. The second kappa shape index (κ2) is 10.6. The van der Waals surface area contributed by atoms with Crippen molar-refractivity contribution in [2.45, 2.75) is 19.0 Å². The number of piperazine rings is 1. The highest BCUT2D eigenvalue weighted by atomic mass is 19.4. The van der Waals surface area contributed by atoms with Crippen LogP contribution in [0.25, 0.3) is 11.0 Å². The molecule has 0 spiro atoms. The number of fused-ring (bicyclic) bond motifs is 1. The molecule has 37 heavy (non-hydrogen) atoms. The molecule has 6 nitrogen and oxygen atoms in total. The van der Waals surface area contributed by atoms with Crippen LogP contribution in [-0.2, 0) is 23.8 Å². The lowest BCUT2D eigenvalue weighted by Gasteiger charge is -2.28. The van der Waals surface area contributed by atoms with Gasteiger partial charge in [0.1, 0.15) is 23.1 Å². The minimum atomic E-state index is -4.39. The quantitative estimate of drug-likeness (QED) is 0.372. The molecule has 0 amide bonds. The third-order valence-electron chi connectivity index (χ3n) is 6.18. The number of hydrogen-bond donors (Lipinski definition) is 1. The van der Waals surface area contributed by atoms with Crippen molar-refractivity contribution in [2.24, 2.45) is 0 Å². The van der Waals surface area contributed by atoms with Gasteiger partial charge in [-0.15, -0.1) is 0 Å². The van der Waals surface area contributed by atoms with Crippen LogP contribution in [0.2, 0.25) is 0 Å². The van der Waals surface area contributed by atoms with E-state index in [-0.39, 0.29) is 18.6 Å². The van der Waals surface area contributed by atoms with Crippen molar-refractivity contribution in [1.29, 1.82) is 0 Å². The number of nitrogens with one attached hydrogen (secondary N) is 1. The van der Waals surface area contributed by atoms with Gasteiger partial charge in [-0.25, -0.2) is 4.98 Å².